The van der Waals surface area contributed by atoms with Gasteiger partial charge in [0.1, 0.15) is 0 Å². The standard InChI is InChI=1S/C23H24N2O4/c1-14-10-18(14)21(26)24-17-9-5-8-16(11-17)22(27)25-12-19(20(13-25)23(28)29)15-6-3-2-4-7-15/h2-9,11,14,18-20H,10,12-13H2,1H3,(H,24,26)(H,28,29)/t14?,18?,19-,20-/m0/s1. The quantitative estimate of drug-likeness (QED) is 0.818. The number of carboxylic acid groups (broad SMARTS) is 1. The minimum atomic E-state index is -0.895. The van der Waals surface area contributed by atoms with Crippen molar-refractivity contribution in [3.63, 3.8) is 0 Å². The summed E-state index contributed by atoms with van der Waals surface area (Å²) >= 11 is 0. The summed E-state index contributed by atoms with van der Waals surface area (Å²) in [4.78, 5) is 38.6. The van der Waals surface area contributed by atoms with Gasteiger partial charge in [-0.05, 0) is 36.1 Å². The number of anilines is 1. The zero-order valence-corrected chi connectivity index (χ0v) is 16.2. The molecule has 1 aliphatic heterocycles. The van der Waals surface area contributed by atoms with Crippen molar-refractivity contribution < 1.29 is 19.5 Å². The summed E-state index contributed by atoms with van der Waals surface area (Å²) in [6.45, 7) is 2.57. The Morgan fingerprint density at radius 2 is 1.72 bits per heavy atom. The van der Waals surface area contributed by atoms with Gasteiger partial charge in [0.2, 0.25) is 5.91 Å². The molecule has 4 atom stereocenters. The van der Waals surface area contributed by atoms with Gasteiger partial charge in [0.15, 0.2) is 0 Å². The molecule has 2 amide bonds. The van der Waals surface area contributed by atoms with Gasteiger partial charge in [-0.3, -0.25) is 14.4 Å². The van der Waals surface area contributed by atoms with E-state index >= 15 is 0 Å². The molecule has 29 heavy (non-hydrogen) atoms. The van der Waals surface area contributed by atoms with Crippen molar-refractivity contribution >= 4 is 23.5 Å². The molecule has 2 unspecified atom stereocenters. The van der Waals surface area contributed by atoms with E-state index in [4.69, 9.17) is 0 Å². The monoisotopic (exact) mass is 392 g/mol. The maximum absolute atomic E-state index is 13.0. The zero-order valence-electron chi connectivity index (χ0n) is 16.2. The third-order valence-electron chi connectivity index (χ3n) is 5.98. The molecule has 0 radical (unpaired) electrons. The third kappa shape index (κ3) is 4.01. The van der Waals surface area contributed by atoms with Crippen LogP contribution in [-0.2, 0) is 9.59 Å². The average molecular weight is 392 g/mol. The SMILES string of the molecule is CC1CC1C(=O)Nc1cccc(C(=O)N2C[C@H](C(=O)O)[C@H](c3ccccc3)C2)c1. The number of amides is 2. The Morgan fingerprint density at radius 1 is 1.00 bits per heavy atom. The predicted octanol–water partition coefficient (Wildman–Crippen LogP) is 3.22. The largest absolute Gasteiger partial charge is 0.481 e. The van der Waals surface area contributed by atoms with Crippen LogP contribution in [0.25, 0.3) is 0 Å². The van der Waals surface area contributed by atoms with Crippen LogP contribution >= 0.6 is 0 Å². The molecule has 2 N–H and O–H groups in total. The van der Waals surface area contributed by atoms with Crippen molar-refractivity contribution in [2.45, 2.75) is 19.3 Å². The number of rotatable bonds is 5. The molecule has 0 bridgehead atoms. The zero-order chi connectivity index (χ0) is 20.5. The number of nitrogens with one attached hydrogen (secondary N) is 1. The van der Waals surface area contributed by atoms with Gasteiger partial charge in [-0.2, -0.15) is 0 Å². The third-order valence-corrected chi connectivity index (χ3v) is 5.98. The second kappa shape index (κ2) is 7.70. The first-order valence-corrected chi connectivity index (χ1v) is 9.92. The molecule has 2 aromatic carbocycles. The number of benzene rings is 2. The molecule has 6 heteroatoms. The maximum atomic E-state index is 13.0. The van der Waals surface area contributed by atoms with Crippen LogP contribution in [0.3, 0.4) is 0 Å². The Morgan fingerprint density at radius 3 is 2.38 bits per heavy atom. The van der Waals surface area contributed by atoms with Crippen LogP contribution in [-0.4, -0.2) is 40.9 Å². The molecule has 1 saturated heterocycles. The van der Waals surface area contributed by atoms with Gasteiger partial charge in [0, 0.05) is 36.2 Å². The summed E-state index contributed by atoms with van der Waals surface area (Å²) in [5.41, 5.74) is 1.97. The van der Waals surface area contributed by atoms with Gasteiger partial charge in [-0.1, -0.05) is 43.3 Å². The van der Waals surface area contributed by atoms with E-state index in [1.165, 1.54) is 0 Å². The second-order valence-electron chi connectivity index (χ2n) is 8.06. The van der Waals surface area contributed by atoms with Gasteiger partial charge in [-0.25, -0.2) is 0 Å². The molecule has 2 fully saturated rings. The minimum Gasteiger partial charge on any atom is -0.481 e. The molecule has 2 aliphatic rings. The fourth-order valence-corrected chi connectivity index (χ4v) is 4.09. The summed E-state index contributed by atoms with van der Waals surface area (Å²) < 4.78 is 0. The van der Waals surface area contributed by atoms with Crippen LogP contribution in [0.2, 0.25) is 0 Å². The van der Waals surface area contributed by atoms with Gasteiger partial charge < -0.3 is 15.3 Å². The normalized spacial score (nSPS) is 25.5. The highest BCUT2D eigenvalue weighted by Crippen LogP contribution is 2.38. The molecule has 150 valence electrons. The van der Waals surface area contributed by atoms with Crippen LogP contribution in [0, 0.1) is 17.8 Å². The van der Waals surface area contributed by atoms with E-state index in [1.807, 2.05) is 37.3 Å². The van der Waals surface area contributed by atoms with Crippen molar-refractivity contribution in [2.75, 3.05) is 18.4 Å². The van der Waals surface area contributed by atoms with Crippen molar-refractivity contribution in [3.8, 4) is 0 Å². The number of carbonyl (C=O) groups excluding carboxylic acids is 2. The lowest BCUT2D eigenvalue weighted by atomic mass is 9.89. The lowest BCUT2D eigenvalue weighted by Gasteiger charge is -2.17. The lowest BCUT2D eigenvalue weighted by Crippen LogP contribution is -2.30. The van der Waals surface area contributed by atoms with Gasteiger partial charge in [0.05, 0.1) is 5.92 Å². The Bertz CT molecular complexity index is 943. The minimum absolute atomic E-state index is 0.0154. The van der Waals surface area contributed by atoms with E-state index in [0.29, 0.717) is 23.7 Å². The number of carbonyl (C=O) groups is 3. The topological polar surface area (TPSA) is 86.7 Å². The Kier molecular flexibility index (Phi) is 5.09. The summed E-state index contributed by atoms with van der Waals surface area (Å²) in [6.07, 6.45) is 0.898. The number of hydrogen-bond acceptors (Lipinski definition) is 3. The Labute approximate surface area is 169 Å². The van der Waals surface area contributed by atoms with Crippen molar-refractivity contribution in [1.82, 2.24) is 4.90 Å². The van der Waals surface area contributed by atoms with Crippen LogP contribution in [0.5, 0.6) is 0 Å². The number of carboxylic acids is 1. The second-order valence-corrected chi connectivity index (χ2v) is 8.06. The molecule has 0 aromatic heterocycles. The number of hydrogen-bond donors (Lipinski definition) is 2. The van der Waals surface area contributed by atoms with E-state index in [9.17, 15) is 19.5 Å². The maximum Gasteiger partial charge on any atom is 0.308 e. The fourth-order valence-electron chi connectivity index (χ4n) is 4.09. The van der Waals surface area contributed by atoms with Crippen LogP contribution in [0.4, 0.5) is 5.69 Å². The van der Waals surface area contributed by atoms with Gasteiger partial charge >= 0.3 is 5.97 Å². The molecule has 4 rings (SSSR count). The predicted molar refractivity (Wildman–Crippen MR) is 109 cm³/mol. The van der Waals surface area contributed by atoms with E-state index in [2.05, 4.69) is 5.32 Å². The van der Waals surface area contributed by atoms with Gasteiger partial charge in [0.25, 0.3) is 5.91 Å². The van der Waals surface area contributed by atoms with Crippen molar-refractivity contribution in [3.05, 3.63) is 65.7 Å². The average Bonchev–Trinajstić information content (AvgIpc) is 3.29. The summed E-state index contributed by atoms with van der Waals surface area (Å²) in [7, 11) is 0. The van der Waals surface area contributed by atoms with Crippen molar-refractivity contribution in [1.29, 1.82) is 0 Å². The first-order chi connectivity index (χ1) is 13.9. The molecular weight excluding hydrogens is 368 g/mol. The molecule has 1 saturated carbocycles. The van der Waals surface area contributed by atoms with E-state index in [-0.39, 0.29) is 30.2 Å². The van der Waals surface area contributed by atoms with Crippen LogP contribution in [0.15, 0.2) is 54.6 Å². The highest BCUT2D eigenvalue weighted by molar-refractivity contribution is 5.98. The molecular formula is C23H24N2O4. The molecule has 1 heterocycles. The van der Waals surface area contributed by atoms with E-state index in [0.717, 1.165) is 12.0 Å². The molecule has 6 nitrogen and oxygen atoms in total. The van der Waals surface area contributed by atoms with E-state index < -0.39 is 11.9 Å². The van der Waals surface area contributed by atoms with Crippen molar-refractivity contribution in [2.24, 2.45) is 17.8 Å². The van der Waals surface area contributed by atoms with Crippen LogP contribution < -0.4 is 5.32 Å². The lowest BCUT2D eigenvalue weighted by molar-refractivity contribution is -0.141. The Balaban J connectivity index is 1.50. The first kappa shape index (κ1) is 19.2. The molecule has 1 aliphatic carbocycles. The molecule has 2 aromatic rings. The van der Waals surface area contributed by atoms with Gasteiger partial charge in [-0.15, -0.1) is 0 Å². The number of likely N-dealkylation sites (tertiary alicyclic amines) is 1. The summed E-state index contributed by atoms with van der Waals surface area (Å²) in [6, 6.07) is 16.3. The highest BCUT2D eigenvalue weighted by Gasteiger charge is 2.41. The summed E-state index contributed by atoms with van der Waals surface area (Å²) in [5, 5.41) is 12.5. The van der Waals surface area contributed by atoms with Crippen LogP contribution in [0.1, 0.15) is 35.2 Å². The Hall–Kier alpha value is -3.15. The molecule has 0 spiro atoms. The van der Waals surface area contributed by atoms with E-state index in [1.54, 1.807) is 29.2 Å². The smallest absolute Gasteiger partial charge is 0.308 e. The first-order valence-electron chi connectivity index (χ1n) is 9.92. The fraction of sp³-hybridized carbons (Fsp3) is 0.348. The number of nitrogens with zero attached hydrogens (tertiary/aromatic N) is 1. The highest BCUT2D eigenvalue weighted by atomic mass is 16.4. The summed E-state index contributed by atoms with van der Waals surface area (Å²) in [5.74, 6) is -1.54. The number of aliphatic carboxylic acids is 1.